The minimum absolute atomic E-state index is 0.137. The van der Waals surface area contributed by atoms with Crippen LogP contribution in [0, 0.1) is 0 Å². The van der Waals surface area contributed by atoms with Crippen LogP contribution >= 0.6 is 0 Å². The lowest BCUT2D eigenvalue weighted by Crippen LogP contribution is -2.33. The number of carbonyl (C=O) groups is 2. The molecule has 0 aliphatic carbocycles. The molecule has 0 fully saturated rings. The molecule has 7 nitrogen and oxygen atoms in total. The van der Waals surface area contributed by atoms with Crippen LogP contribution in [0.2, 0.25) is 0 Å². The van der Waals surface area contributed by atoms with Crippen molar-refractivity contribution < 1.29 is 19.4 Å². The standard InChI is InChI=1S/C14H21N3O4/c1-14(2,3)21-13(20)16-8-4-5-9-6-7-10(15)11(17-9)12(18)19/h6-7H,4-5,8,15H2,1-3H3,(H,16,20)(H,18,19). The number of anilines is 1. The molecule has 1 amide bonds. The predicted molar refractivity (Wildman–Crippen MR) is 78.2 cm³/mol. The third kappa shape index (κ3) is 6.11. The number of rotatable bonds is 5. The molecule has 0 saturated carbocycles. The van der Waals surface area contributed by atoms with Crippen LogP contribution in [0.1, 0.15) is 43.4 Å². The summed E-state index contributed by atoms with van der Waals surface area (Å²) in [5, 5.41) is 11.6. The van der Waals surface area contributed by atoms with Crippen molar-refractivity contribution in [1.29, 1.82) is 0 Å². The molecule has 0 spiro atoms. The van der Waals surface area contributed by atoms with Crippen molar-refractivity contribution in [3.05, 3.63) is 23.5 Å². The number of ether oxygens (including phenoxy) is 1. The second-order valence-corrected chi connectivity index (χ2v) is 5.58. The number of nitrogens with zero attached hydrogens (tertiary/aromatic N) is 1. The fourth-order valence-corrected chi connectivity index (χ4v) is 1.59. The molecule has 116 valence electrons. The Hall–Kier alpha value is -2.31. The van der Waals surface area contributed by atoms with Gasteiger partial charge in [-0.05, 0) is 45.7 Å². The van der Waals surface area contributed by atoms with Crippen molar-refractivity contribution >= 4 is 17.7 Å². The summed E-state index contributed by atoms with van der Waals surface area (Å²) in [6.07, 6.45) is 0.685. The number of nitrogens with one attached hydrogen (secondary N) is 1. The Morgan fingerprint density at radius 3 is 2.62 bits per heavy atom. The maximum Gasteiger partial charge on any atom is 0.407 e. The van der Waals surface area contributed by atoms with Gasteiger partial charge in [-0.3, -0.25) is 0 Å². The van der Waals surface area contributed by atoms with Crippen LogP contribution in [0.4, 0.5) is 10.5 Å². The minimum Gasteiger partial charge on any atom is -0.476 e. The molecule has 21 heavy (non-hydrogen) atoms. The molecular formula is C14H21N3O4. The summed E-state index contributed by atoms with van der Waals surface area (Å²) >= 11 is 0. The normalized spacial score (nSPS) is 11.0. The zero-order chi connectivity index (χ0) is 16.0. The lowest BCUT2D eigenvalue weighted by Gasteiger charge is -2.19. The molecule has 0 aromatic carbocycles. The van der Waals surface area contributed by atoms with Gasteiger partial charge < -0.3 is 20.9 Å². The number of carbonyl (C=O) groups excluding carboxylic acids is 1. The van der Waals surface area contributed by atoms with E-state index in [-0.39, 0.29) is 11.4 Å². The van der Waals surface area contributed by atoms with E-state index >= 15 is 0 Å². The third-order valence-corrected chi connectivity index (χ3v) is 2.46. The molecule has 1 aromatic heterocycles. The highest BCUT2D eigenvalue weighted by Gasteiger charge is 2.15. The molecule has 7 heteroatoms. The molecule has 0 aliphatic heterocycles. The average molecular weight is 295 g/mol. The maximum atomic E-state index is 11.4. The number of hydrogen-bond donors (Lipinski definition) is 3. The van der Waals surface area contributed by atoms with Gasteiger partial charge in [-0.1, -0.05) is 0 Å². The van der Waals surface area contributed by atoms with Crippen molar-refractivity contribution in [2.24, 2.45) is 0 Å². The first-order chi connectivity index (χ1) is 9.69. The number of alkyl carbamates (subject to hydrolysis) is 1. The smallest absolute Gasteiger partial charge is 0.407 e. The third-order valence-electron chi connectivity index (χ3n) is 2.46. The molecule has 0 unspecified atom stereocenters. The second kappa shape index (κ2) is 6.92. The summed E-state index contributed by atoms with van der Waals surface area (Å²) in [4.78, 5) is 26.3. The van der Waals surface area contributed by atoms with Crippen LogP contribution in [-0.4, -0.2) is 34.3 Å². The Kier molecular flexibility index (Phi) is 5.52. The summed E-state index contributed by atoms with van der Waals surface area (Å²) in [6, 6.07) is 3.20. The number of hydrogen-bond acceptors (Lipinski definition) is 5. The Labute approximate surface area is 123 Å². The maximum absolute atomic E-state index is 11.4. The molecule has 0 bridgehead atoms. The number of aromatic carboxylic acids is 1. The van der Waals surface area contributed by atoms with Crippen molar-refractivity contribution in [2.45, 2.75) is 39.2 Å². The number of pyridine rings is 1. The number of carboxylic acid groups (broad SMARTS) is 1. The lowest BCUT2D eigenvalue weighted by atomic mass is 10.2. The van der Waals surface area contributed by atoms with Crippen LogP contribution in [0.25, 0.3) is 0 Å². The molecule has 4 N–H and O–H groups in total. The number of aromatic nitrogens is 1. The van der Waals surface area contributed by atoms with Crippen LogP contribution < -0.4 is 11.1 Å². The molecule has 0 aliphatic rings. The van der Waals surface area contributed by atoms with E-state index in [9.17, 15) is 9.59 Å². The van der Waals surface area contributed by atoms with Crippen molar-refractivity contribution in [2.75, 3.05) is 12.3 Å². The van der Waals surface area contributed by atoms with E-state index in [0.717, 1.165) is 0 Å². The lowest BCUT2D eigenvalue weighted by molar-refractivity contribution is 0.0526. The highest BCUT2D eigenvalue weighted by Crippen LogP contribution is 2.11. The zero-order valence-electron chi connectivity index (χ0n) is 12.5. The number of aryl methyl sites for hydroxylation is 1. The van der Waals surface area contributed by atoms with Gasteiger partial charge in [0.25, 0.3) is 0 Å². The topological polar surface area (TPSA) is 115 Å². The SMILES string of the molecule is CC(C)(C)OC(=O)NCCCc1ccc(N)c(C(=O)O)n1. The van der Waals surface area contributed by atoms with Crippen LogP contribution in [-0.2, 0) is 11.2 Å². The van der Waals surface area contributed by atoms with E-state index in [0.29, 0.717) is 25.1 Å². The van der Waals surface area contributed by atoms with Crippen molar-refractivity contribution in [1.82, 2.24) is 10.3 Å². The van der Waals surface area contributed by atoms with Gasteiger partial charge in [0, 0.05) is 12.2 Å². The van der Waals surface area contributed by atoms with Crippen LogP contribution in [0.15, 0.2) is 12.1 Å². The van der Waals surface area contributed by atoms with Gasteiger partial charge in [-0.15, -0.1) is 0 Å². The monoisotopic (exact) mass is 295 g/mol. The second-order valence-electron chi connectivity index (χ2n) is 5.58. The molecule has 1 aromatic rings. The molecule has 0 saturated heterocycles. The molecular weight excluding hydrogens is 274 g/mol. The van der Waals surface area contributed by atoms with Gasteiger partial charge in [-0.25, -0.2) is 14.6 Å². The first-order valence-corrected chi connectivity index (χ1v) is 6.64. The Morgan fingerprint density at radius 1 is 1.38 bits per heavy atom. The first kappa shape index (κ1) is 16.7. The van der Waals surface area contributed by atoms with E-state index in [2.05, 4.69) is 10.3 Å². The van der Waals surface area contributed by atoms with Crippen molar-refractivity contribution in [3.63, 3.8) is 0 Å². The summed E-state index contributed by atoms with van der Waals surface area (Å²) in [5.74, 6) is -1.15. The van der Waals surface area contributed by atoms with Crippen LogP contribution in [0.5, 0.6) is 0 Å². The van der Waals surface area contributed by atoms with Gasteiger partial charge in [0.15, 0.2) is 5.69 Å². The summed E-state index contributed by atoms with van der Waals surface area (Å²) < 4.78 is 5.10. The highest BCUT2D eigenvalue weighted by molar-refractivity contribution is 5.91. The first-order valence-electron chi connectivity index (χ1n) is 6.64. The fourth-order valence-electron chi connectivity index (χ4n) is 1.59. The zero-order valence-corrected chi connectivity index (χ0v) is 12.5. The average Bonchev–Trinajstić information content (AvgIpc) is 2.34. The quantitative estimate of drug-likeness (QED) is 0.714. The minimum atomic E-state index is -1.15. The summed E-state index contributed by atoms with van der Waals surface area (Å²) in [5.41, 5.74) is 5.61. The number of nitrogen functional groups attached to an aromatic ring is 1. The van der Waals surface area contributed by atoms with E-state index in [1.54, 1.807) is 26.8 Å². The largest absolute Gasteiger partial charge is 0.476 e. The van der Waals surface area contributed by atoms with E-state index in [1.165, 1.54) is 6.07 Å². The number of carboxylic acids is 1. The van der Waals surface area contributed by atoms with Crippen molar-refractivity contribution in [3.8, 4) is 0 Å². The predicted octanol–water partition coefficient (Wildman–Crippen LogP) is 1.82. The van der Waals surface area contributed by atoms with Crippen LogP contribution in [0.3, 0.4) is 0 Å². The Morgan fingerprint density at radius 2 is 2.05 bits per heavy atom. The highest BCUT2D eigenvalue weighted by atomic mass is 16.6. The van der Waals surface area contributed by atoms with E-state index in [1.807, 2.05) is 0 Å². The van der Waals surface area contributed by atoms with Gasteiger partial charge in [0.05, 0.1) is 5.69 Å². The van der Waals surface area contributed by atoms with E-state index in [4.69, 9.17) is 15.6 Å². The van der Waals surface area contributed by atoms with Gasteiger partial charge in [0.2, 0.25) is 0 Å². The molecule has 1 rings (SSSR count). The summed E-state index contributed by atoms with van der Waals surface area (Å²) in [6.45, 7) is 5.79. The van der Waals surface area contributed by atoms with Gasteiger partial charge in [0.1, 0.15) is 5.60 Å². The number of nitrogens with two attached hydrogens (primary N) is 1. The van der Waals surface area contributed by atoms with E-state index < -0.39 is 17.7 Å². The Bertz CT molecular complexity index is 523. The summed E-state index contributed by atoms with van der Waals surface area (Å²) in [7, 11) is 0. The molecule has 0 radical (unpaired) electrons. The molecule has 1 heterocycles. The molecule has 0 atom stereocenters. The van der Waals surface area contributed by atoms with Gasteiger partial charge >= 0.3 is 12.1 Å². The number of amides is 1. The van der Waals surface area contributed by atoms with Gasteiger partial charge in [-0.2, -0.15) is 0 Å². The Balaban J connectivity index is 2.41. The fraction of sp³-hybridized carbons (Fsp3) is 0.500.